The van der Waals surface area contributed by atoms with Gasteiger partial charge in [0.15, 0.2) is 5.56 Å². The number of hydrogen-bond donors (Lipinski definition) is 1. The number of carbonyl (C=O) groups is 1. The number of nitrogens with one attached hydrogen (secondary N) is 1. The fourth-order valence-corrected chi connectivity index (χ4v) is 2.78. The van der Waals surface area contributed by atoms with Crippen molar-refractivity contribution in [3.05, 3.63) is 39.9 Å². The maximum Gasteiger partial charge on any atom is 0.269 e. The van der Waals surface area contributed by atoms with Crippen molar-refractivity contribution < 1.29 is 19.2 Å². The largest absolute Gasteiger partial charge is 0.347 e. The molecule has 22 heavy (non-hydrogen) atoms. The number of hydrogen-bond acceptors (Lipinski definition) is 5. The number of amides is 1. The molecule has 1 aliphatic rings. The SMILES string of the molecule is CC(=O)NC1C(Cl)OC(C)(Cl)OC1c1ccc([N+](=O)[O-])cc1. The maximum absolute atomic E-state index is 11.3. The van der Waals surface area contributed by atoms with Gasteiger partial charge >= 0.3 is 0 Å². The van der Waals surface area contributed by atoms with Crippen LogP contribution < -0.4 is 5.32 Å². The summed E-state index contributed by atoms with van der Waals surface area (Å²) in [5.74, 6) is -0.312. The van der Waals surface area contributed by atoms with Crippen LogP contribution in [-0.2, 0) is 14.3 Å². The van der Waals surface area contributed by atoms with Gasteiger partial charge in [0.2, 0.25) is 11.2 Å². The molecule has 1 N–H and O–H groups in total. The number of carbonyl (C=O) groups excluding carboxylic acids is 1. The van der Waals surface area contributed by atoms with Gasteiger partial charge in [-0.25, -0.2) is 0 Å². The minimum atomic E-state index is -1.46. The van der Waals surface area contributed by atoms with Crippen molar-refractivity contribution in [1.82, 2.24) is 5.32 Å². The van der Waals surface area contributed by atoms with Crippen LogP contribution in [-0.4, -0.2) is 27.7 Å². The van der Waals surface area contributed by atoms with Crippen LogP contribution in [0.1, 0.15) is 25.5 Å². The smallest absolute Gasteiger partial charge is 0.269 e. The number of nitrogens with zero attached hydrogens (tertiary/aromatic N) is 1. The fourth-order valence-electron chi connectivity index (χ4n) is 2.18. The summed E-state index contributed by atoms with van der Waals surface area (Å²) >= 11 is 12.2. The average Bonchev–Trinajstić information content (AvgIpc) is 2.41. The van der Waals surface area contributed by atoms with E-state index in [1.165, 1.54) is 38.1 Å². The van der Waals surface area contributed by atoms with Gasteiger partial charge in [0.1, 0.15) is 6.10 Å². The molecule has 0 radical (unpaired) electrons. The summed E-state index contributed by atoms with van der Waals surface area (Å²) in [4.78, 5) is 21.5. The number of ether oxygens (including phenoxy) is 2. The zero-order valence-electron chi connectivity index (χ0n) is 11.8. The van der Waals surface area contributed by atoms with Crippen molar-refractivity contribution in [2.75, 3.05) is 0 Å². The fraction of sp³-hybridized carbons (Fsp3) is 0.462. The molecule has 1 amide bonds. The molecule has 120 valence electrons. The van der Waals surface area contributed by atoms with Gasteiger partial charge < -0.3 is 14.8 Å². The van der Waals surface area contributed by atoms with Crippen molar-refractivity contribution in [2.24, 2.45) is 0 Å². The third-order valence-corrected chi connectivity index (χ3v) is 3.61. The molecule has 1 heterocycles. The van der Waals surface area contributed by atoms with E-state index < -0.39 is 27.9 Å². The number of nitro groups is 1. The molecule has 2 rings (SSSR count). The molecular weight excluding hydrogens is 335 g/mol. The molecule has 1 aliphatic heterocycles. The highest BCUT2D eigenvalue weighted by atomic mass is 35.5. The molecule has 0 saturated carbocycles. The highest BCUT2D eigenvalue weighted by Crippen LogP contribution is 2.40. The van der Waals surface area contributed by atoms with Crippen LogP contribution in [0.5, 0.6) is 0 Å². The van der Waals surface area contributed by atoms with Gasteiger partial charge in [0.05, 0.1) is 11.0 Å². The van der Waals surface area contributed by atoms with Crippen molar-refractivity contribution in [1.29, 1.82) is 0 Å². The molecule has 0 aliphatic carbocycles. The first kappa shape index (κ1) is 17.0. The van der Waals surface area contributed by atoms with Crippen LogP contribution in [0.4, 0.5) is 5.69 Å². The lowest BCUT2D eigenvalue weighted by Gasteiger charge is -2.42. The zero-order valence-corrected chi connectivity index (χ0v) is 13.3. The van der Waals surface area contributed by atoms with E-state index in [1.807, 2.05) is 0 Å². The van der Waals surface area contributed by atoms with Crippen molar-refractivity contribution in [2.45, 2.75) is 36.8 Å². The first-order valence-corrected chi connectivity index (χ1v) is 7.21. The Morgan fingerprint density at radius 3 is 2.45 bits per heavy atom. The second-order valence-corrected chi connectivity index (χ2v) is 6.03. The van der Waals surface area contributed by atoms with Crippen LogP contribution in [0.2, 0.25) is 0 Å². The lowest BCUT2D eigenvalue weighted by Crippen LogP contribution is -2.54. The summed E-state index contributed by atoms with van der Waals surface area (Å²) < 4.78 is 10.9. The molecule has 1 aromatic carbocycles. The molecule has 9 heteroatoms. The molecule has 4 unspecified atom stereocenters. The lowest BCUT2D eigenvalue weighted by molar-refractivity contribution is -0.384. The lowest BCUT2D eigenvalue weighted by atomic mass is 10.0. The topological polar surface area (TPSA) is 90.7 Å². The minimum absolute atomic E-state index is 0.0528. The Hall–Kier alpha value is -1.41. The van der Waals surface area contributed by atoms with E-state index >= 15 is 0 Å². The Morgan fingerprint density at radius 2 is 1.95 bits per heavy atom. The van der Waals surface area contributed by atoms with Crippen LogP contribution in [0.25, 0.3) is 0 Å². The van der Waals surface area contributed by atoms with E-state index in [2.05, 4.69) is 5.32 Å². The third-order valence-electron chi connectivity index (χ3n) is 3.07. The van der Waals surface area contributed by atoms with Crippen LogP contribution in [0.3, 0.4) is 0 Å². The van der Waals surface area contributed by atoms with Crippen LogP contribution in [0, 0.1) is 10.1 Å². The van der Waals surface area contributed by atoms with E-state index in [4.69, 9.17) is 32.7 Å². The predicted octanol–water partition coefficient (Wildman–Crippen LogP) is 2.66. The van der Waals surface area contributed by atoms with Gasteiger partial charge in [-0.1, -0.05) is 23.2 Å². The van der Waals surface area contributed by atoms with E-state index in [1.54, 1.807) is 0 Å². The van der Waals surface area contributed by atoms with Gasteiger partial charge in [-0.3, -0.25) is 14.9 Å². The highest BCUT2D eigenvalue weighted by molar-refractivity contribution is 6.23. The Labute approximate surface area is 136 Å². The van der Waals surface area contributed by atoms with Gasteiger partial charge in [0.25, 0.3) is 5.69 Å². The summed E-state index contributed by atoms with van der Waals surface area (Å²) in [7, 11) is 0. The number of nitro benzene ring substituents is 1. The van der Waals surface area contributed by atoms with E-state index in [9.17, 15) is 14.9 Å². The van der Waals surface area contributed by atoms with E-state index in [0.717, 1.165) is 0 Å². The Kier molecular flexibility index (Phi) is 4.91. The Bertz CT molecular complexity index is 578. The Balaban J connectivity index is 2.33. The summed E-state index contributed by atoms with van der Waals surface area (Å²) in [6.45, 7) is 2.82. The molecule has 0 bridgehead atoms. The second kappa shape index (κ2) is 6.37. The Morgan fingerprint density at radius 1 is 1.36 bits per heavy atom. The standard InChI is InChI=1S/C13H14Cl2N2O5/c1-7(18)16-10-11(21-13(2,15)22-12(10)14)8-3-5-9(6-4-8)17(19)20/h3-6,10-12H,1-2H3,(H,16,18). The molecule has 1 fully saturated rings. The summed E-state index contributed by atoms with van der Waals surface area (Å²) in [5, 5.41) is 11.9. The second-order valence-electron chi connectivity index (χ2n) is 4.92. The van der Waals surface area contributed by atoms with Crippen LogP contribution in [0.15, 0.2) is 24.3 Å². The quantitative estimate of drug-likeness (QED) is 0.515. The van der Waals surface area contributed by atoms with Gasteiger partial charge in [-0.2, -0.15) is 0 Å². The van der Waals surface area contributed by atoms with E-state index in [-0.39, 0.29) is 11.6 Å². The maximum atomic E-state index is 11.3. The molecule has 7 nitrogen and oxygen atoms in total. The molecular formula is C13H14Cl2N2O5. The highest BCUT2D eigenvalue weighted by Gasteiger charge is 2.45. The normalized spacial score (nSPS) is 31.5. The average molecular weight is 349 g/mol. The number of rotatable bonds is 3. The number of alkyl halides is 2. The monoisotopic (exact) mass is 348 g/mol. The minimum Gasteiger partial charge on any atom is -0.347 e. The molecule has 1 saturated heterocycles. The van der Waals surface area contributed by atoms with Gasteiger partial charge in [0, 0.05) is 26.0 Å². The first-order valence-electron chi connectivity index (χ1n) is 6.40. The summed E-state index contributed by atoms with van der Waals surface area (Å²) in [5.41, 5.74) is -0.381. The van der Waals surface area contributed by atoms with Gasteiger partial charge in [-0.15, -0.1) is 0 Å². The predicted molar refractivity (Wildman–Crippen MR) is 79.5 cm³/mol. The first-order chi connectivity index (χ1) is 10.2. The van der Waals surface area contributed by atoms with E-state index in [0.29, 0.717) is 5.56 Å². The summed E-state index contributed by atoms with van der Waals surface area (Å²) in [6.07, 6.45) is -0.705. The number of benzene rings is 1. The van der Waals surface area contributed by atoms with Crippen molar-refractivity contribution in [3.63, 3.8) is 0 Å². The van der Waals surface area contributed by atoms with Crippen molar-refractivity contribution >= 4 is 34.8 Å². The zero-order chi connectivity index (χ0) is 16.5. The summed E-state index contributed by atoms with van der Waals surface area (Å²) in [6, 6.07) is 5.05. The molecule has 1 aromatic rings. The van der Waals surface area contributed by atoms with Crippen LogP contribution >= 0.6 is 23.2 Å². The molecule has 0 aromatic heterocycles. The number of non-ortho nitro benzene ring substituents is 1. The van der Waals surface area contributed by atoms with Gasteiger partial charge in [-0.05, 0) is 17.7 Å². The van der Waals surface area contributed by atoms with Crippen molar-refractivity contribution in [3.8, 4) is 0 Å². The molecule has 0 spiro atoms. The third kappa shape index (κ3) is 3.86. The molecule has 4 atom stereocenters. The number of halogens is 2.